The van der Waals surface area contributed by atoms with Crippen molar-refractivity contribution in [2.75, 3.05) is 13.1 Å². The fourth-order valence-corrected chi connectivity index (χ4v) is 3.24. The molecule has 1 aromatic carbocycles. The van der Waals surface area contributed by atoms with Crippen molar-refractivity contribution in [1.29, 1.82) is 0 Å². The van der Waals surface area contributed by atoms with Crippen LogP contribution in [0.15, 0.2) is 42.9 Å². The molecule has 2 heterocycles. The molecule has 1 amide bonds. The molecule has 2 aromatic rings. The molecule has 3 rings (SSSR count). The van der Waals surface area contributed by atoms with Crippen molar-refractivity contribution in [3.63, 3.8) is 0 Å². The van der Waals surface area contributed by atoms with E-state index < -0.39 is 0 Å². The molecule has 4 heteroatoms. The Morgan fingerprint density at radius 1 is 1.14 bits per heavy atom. The smallest absolute Gasteiger partial charge is 0.272 e. The van der Waals surface area contributed by atoms with Crippen molar-refractivity contribution >= 4 is 5.91 Å². The number of benzene rings is 1. The Morgan fingerprint density at radius 3 is 2.48 bits per heavy atom. The average Bonchev–Trinajstić information content (AvgIpc) is 2.95. The number of nitrogens with zero attached hydrogens (tertiary/aromatic N) is 3. The van der Waals surface area contributed by atoms with Crippen LogP contribution in [0.25, 0.3) is 5.69 Å². The minimum absolute atomic E-state index is 0.0785. The number of piperidine rings is 1. The third-order valence-electron chi connectivity index (χ3n) is 4.05. The van der Waals surface area contributed by atoms with Gasteiger partial charge in [-0.3, -0.25) is 9.36 Å². The van der Waals surface area contributed by atoms with Crippen molar-refractivity contribution in [1.82, 2.24) is 14.5 Å². The first-order chi connectivity index (χ1) is 10.1. The molecule has 21 heavy (non-hydrogen) atoms. The molecule has 0 N–H and O–H groups in total. The van der Waals surface area contributed by atoms with E-state index in [2.05, 4.69) is 18.8 Å². The summed E-state index contributed by atoms with van der Waals surface area (Å²) in [4.78, 5) is 18.9. The van der Waals surface area contributed by atoms with E-state index in [0.717, 1.165) is 18.8 Å². The van der Waals surface area contributed by atoms with Crippen LogP contribution in [0.2, 0.25) is 0 Å². The van der Waals surface area contributed by atoms with Gasteiger partial charge < -0.3 is 4.90 Å². The Balaban J connectivity index is 1.88. The highest BCUT2D eigenvalue weighted by atomic mass is 16.2. The zero-order valence-corrected chi connectivity index (χ0v) is 12.6. The van der Waals surface area contributed by atoms with Crippen LogP contribution in [0, 0.1) is 11.8 Å². The molecule has 110 valence electrons. The molecule has 1 aliphatic heterocycles. The highest BCUT2D eigenvalue weighted by molar-refractivity contribution is 5.93. The predicted molar refractivity (Wildman–Crippen MR) is 82.4 cm³/mol. The first kappa shape index (κ1) is 13.9. The predicted octanol–water partition coefficient (Wildman–Crippen LogP) is 2.99. The highest BCUT2D eigenvalue weighted by Gasteiger charge is 2.27. The maximum Gasteiger partial charge on any atom is 0.272 e. The van der Waals surface area contributed by atoms with E-state index in [1.807, 2.05) is 39.8 Å². The second-order valence-electron chi connectivity index (χ2n) is 6.14. The van der Waals surface area contributed by atoms with Crippen molar-refractivity contribution in [2.45, 2.75) is 20.3 Å². The molecule has 0 saturated carbocycles. The topological polar surface area (TPSA) is 38.1 Å². The van der Waals surface area contributed by atoms with E-state index in [0.29, 0.717) is 17.5 Å². The van der Waals surface area contributed by atoms with Gasteiger partial charge in [0.05, 0.1) is 12.5 Å². The number of carbonyl (C=O) groups is 1. The lowest BCUT2D eigenvalue weighted by molar-refractivity contribution is 0.0615. The molecule has 0 spiro atoms. The summed E-state index contributed by atoms with van der Waals surface area (Å²) in [6.45, 7) is 6.10. The van der Waals surface area contributed by atoms with Gasteiger partial charge in [0.15, 0.2) is 0 Å². The number of imidazole rings is 1. The normalized spacial score (nSPS) is 22.3. The van der Waals surface area contributed by atoms with Crippen LogP contribution >= 0.6 is 0 Å². The first-order valence-corrected chi connectivity index (χ1v) is 7.52. The van der Waals surface area contributed by atoms with Gasteiger partial charge in [-0.1, -0.05) is 32.0 Å². The Hall–Kier alpha value is -2.10. The molecule has 1 aliphatic rings. The molecular weight excluding hydrogens is 262 g/mol. The summed E-state index contributed by atoms with van der Waals surface area (Å²) in [5, 5.41) is 0. The molecule has 0 aliphatic carbocycles. The third kappa shape index (κ3) is 2.84. The monoisotopic (exact) mass is 283 g/mol. The highest BCUT2D eigenvalue weighted by Crippen LogP contribution is 2.23. The number of amides is 1. The van der Waals surface area contributed by atoms with Gasteiger partial charge in [-0.15, -0.1) is 0 Å². The van der Waals surface area contributed by atoms with E-state index in [1.165, 1.54) is 6.42 Å². The molecule has 0 radical (unpaired) electrons. The average molecular weight is 283 g/mol. The van der Waals surface area contributed by atoms with Crippen LogP contribution in [0.1, 0.15) is 30.8 Å². The fraction of sp³-hybridized carbons (Fsp3) is 0.412. The van der Waals surface area contributed by atoms with E-state index in [-0.39, 0.29) is 5.91 Å². The Morgan fingerprint density at radius 2 is 1.81 bits per heavy atom. The van der Waals surface area contributed by atoms with Crippen LogP contribution in [-0.4, -0.2) is 33.4 Å². The van der Waals surface area contributed by atoms with Crippen LogP contribution in [0.3, 0.4) is 0 Å². The first-order valence-electron chi connectivity index (χ1n) is 7.52. The van der Waals surface area contributed by atoms with Crippen LogP contribution in [-0.2, 0) is 0 Å². The minimum atomic E-state index is 0.0785. The van der Waals surface area contributed by atoms with Crippen LogP contribution in [0.5, 0.6) is 0 Å². The van der Waals surface area contributed by atoms with Gasteiger partial charge in [-0.25, -0.2) is 4.98 Å². The largest absolute Gasteiger partial charge is 0.337 e. The molecule has 1 aromatic heterocycles. The molecule has 0 bridgehead atoms. The number of carbonyl (C=O) groups excluding carboxylic acids is 1. The standard InChI is InChI=1S/C17H21N3O/c1-13-8-14(2)11-19(10-13)17(21)16-9-18-12-20(16)15-6-4-3-5-7-15/h3-7,9,12-14H,8,10-11H2,1-2H3/t13-,14-/m0/s1. The number of hydrogen-bond acceptors (Lipinski definition) is 2. The molecule has 2 atom stereocenters. The van der Waals surface area contributed by atoms with E-state index >= 15 is 0 Å². The van der Waals surface area contributed by atoms with Gasteiger partial charge in [0.25, 0.3) is 5.91 Å². The lowest BCUT2D eigenvalue weighted by atomic mass is 9.92. The SMILES string of the molecule is C[C@H]1C[C@H](C)CN(C(=O)c2cncn2-c2ccccc2)C1. The summed E-state index contributed by atoms with van der Waals surface area (Å²) in [6, 6.07) is 9.87. The van der Waals surface area contributed by atoms with Gasteiger partial charge in [-0.05, 0) is 30.4 Å². The third-order valence-corrected chi connectivity index (χ3v) is 4.05. The summed E-state index contributed by atoms with van der Waals surface area (Å²) in [6.07, 6.45) is 4.57. The summed E-state index contributed by atoms with van der Waals surface area (Å²) in [5.41, 5.74) is 1.61. The van der Waals surface area contributed by atoms with Crippen LogP contribution < -0.4 is 0 Å². The lowest BCUT2D eigenvalue weighted by Gasteiger charge is -2.35. The van der Waals surface area contributed by atoms with Crippen LogP contribution in [0.4, 0.5) is 0 Å². The summed E-state index contributed by atoms with van der Waals surface area (Å²) in [7, 11) is 0. The van der Waals surface area contributed by atoms with Gasteiger partial charge in [0, 0.05) is 18.8 Å². The van der Waals surface area contributed by atoms with Gasteiger partial charge >= 0.3 is 0 Å². The second-order valence-corrected chi connectivity index (χ2v) is 6.14. The summed E-state index contributed by atoms with van der Waals surface area (Å²) in [5.74, 6) is 1.20. The Bertz CT molecular complexity index is 610. The molecule has 4 nitrogen and oxygen atoms in total. The Labute approximate surface area is 125 Å². The quantitative estimate of drug-likeness (QED) is 0.850. The summed E-state index contributed by atoms with van der Waals surface area (Å²) >= 11 is 0. The maximum atomic E-state index is 12.8. The second kappa shape index (κ2) is 5.72. The lowest BCUT2D eigenvalue weighted by Crippen LogP contribution is -2.43. The molecular formula is C17H21N3O. The molecule has 0 unspecified atom stereocenters. The fourth-order valence-electron chi connectivity index (χ4n) is 3.24. The van der Waals surface area contributed by atoms with Gasteiger partial charge in [0.2, 0.25) is 0 Å². The summed E-state index contributed by atoms with van der Waals surface area (Å²) < 4.78 is 1.87. The van der Waals surface area contributed by atoms with E-state index in [4.69, 9.17) is 0 Å². The number of likely N-dealkylation sites (tertiary alicyclic amines) is 1. The van der Waals surface area contributed by atoms with E-state index in [1.54, 1.807) is 12.5 Å². The van der Waals surface area contributed by atoms with Crippen molar-refractivity contribution < 1.29 is 4.79 Å². The Kier molecular flexibility index (Phi) is 3.78. The number of hydrogen-bond donors (Lipinski definition) is 0. The molecule has 1 fully saturated rings. The maximum absolute atomic E-state index is 12.8. The van der Waals surface area contributed by atoms with Crippen molar-refractivity contribution in [2.24, 2.45) is 11.8 Å². The van der Waals surface area contributed by atoms with Gasteiger partial charge in [-0.2, -0.15) is 0 Å². The van der Waals surface area contributed by atoms with Crippen molar-refractivity contribution in [3.05, 3.63) is 48.5 Å². The number of aromatic nitrogens is 2. The van der Waals surface area contributed by atoms with Crippen molar-refractivity contribution in [3.8, 4) is 5.69 Å². The molecule has 1 saturated heterocycles. The number of para-hydroxylation sites is 1. The zero-order valence-electron chi connectivity index (χ0n) is 12.6. The van der Waals surface area contributed by atoms with Gasteiger partial charge in [0.1, 0.15) is 5.69 Å². The number of rotatable bonds is 2. The van der Waals surface area contributed by atoms with E-state index in [9.17, 15) is 4.79 Å². The zero-order chi connectivity index (χ0) is 14.8. The minimum Gasteiger partial charge on any atom is -0.337 e.